The lowest BCUT2D eigenvalue weighted by Crippen LogP contribution is -2.35. The Morgan fingerprint density at radius 1 is 1.14 bits per heavy atom. The van der Waals surface area contributed by atoms with Crippen molar-refractivity contribution in [3.63, 3.8) is 0 Å². The smallest absolute Gasteiger partial charge is 0.224 e. The van der Waals surface area contributed by atoms with Crippen LogP contribution in [0.4, 0.5) is 5.95 Å². The molecule has 4 rings (SSSR count). The van der Waals surface area contributed by atoms with E-state index in [1.807, 2.05) is 30.3 Å². The van der Waals surface area contributed by atoms with Crippen LogP contribution in [0.25, 0.3) is 16.9 Å². The van der Waals surface area contributed by atoms with Crippen molar-refractivity contribution in [3.8, 4) is 5.82 Å². The normalized spacial score (nSPS) is 16.0. The number of aromatic nitrogens is 5. The summed E-state index contributed by atoms with van der Waals surface area (Å²) in [5.74, 6) is 1.36. The number of benzene rings is 1. The Kier molecular flexibility index (Phi) is 3.40. The van der Waals surface area contributed by atoms with Crippen LogP contribution in [0.5, 0.6) is 0 Å². The van der Waals surface area contributed by atoms with Gasteiger partial charge in [0.15, 0.2) is 5.82 Å². The maximum absolute atomic E-state index is 4.58. The minimum absolute atomic E-state index is 0.420. The number of hydrogen-bond acceptors (Lipinski definition) is 6. The second-order valence-electron chi connectivity index (χ2n) is 5.40. The molecule has 22 heavy (non-hydrogen) atoms. The molecule has 0 amide bonds. The molecule has 1 aromatic carbocycles. The van der Waals surface area contributed by atoms with E-state index in [-0.39, 0.29) is 0 Å². The van der Waals surface area contributed by atoms with Gasteiger partial charge in [-0.2, -0.15) is 9.67 Å². The molecule has 3 heterocycles. The molecule has 1 saturated heterocycles. The minimum atomic E-state index is 0.420. The van der Waals surface area contributed by atoms with E-state index in [2.05, 4.69) is 30.9 Å². The summed E-state index contributed by atoms with van der Waals surface area (Å²) in [6.45, 7) is 2.07. The fourth-order valence-corrected chi connectivity index (χ4v) is 2.72. The quantitative estimate of drug-likeness (QED) is 0.760. The van der Waals surface area contributed by atoms with Crippen LogP contribution in [0, 0.1) is 0 Å². The molecular weight excluding hydrogens is 278 g/mol. The zero-order chi connectivity index (χ0) is 14.8. The number of nitrogens with one attached hydrogen (secondary N) is 2. The number of nitrogens with zero attached hydrogens (tertiary/aromatic N) is 5. The fraction of sp³-hybridized carbons (Fsp3) is 0.333. The Hall–Kier alpha value is -2.54. The third kappa shape index (κ3) is 2.50. The first-order valence-electron chi connectivity index (χ1n) is 7.51. The highest BCUT2D eigenvalue weighted by Gasteiger charge is 2.14. The maximum Gasteiger partial charge on any atom is 0.224 e. The predicted molar refractivity (Wildman–Crippen MR) is 84.0 cm³/mol. The van der Waals surface area contributed by atoms with Crippen LogP contribution in [0.15, 0.2) is 36.5 Å². The van der Waals surface area contributed by atoms with Gasteiger partial charge in [0.05, 0.1) is 5.52 Å². The molecule has 3 aromatic rings. The maximum atomic E-state index is 4.58. The van der Waals surface area contributed by atoms with E-state index in [0.29, 0.717) is 12.0 Å². The van der Waals surface area contributed by atoms with Gasteiger partial charge in [0, 0.05) is 18.3 Å². The Balaban J connectivity index is 1.63. The van der Waals surface area contributed by atoms with E-state index in [1.165, 1.54) is 0 Å². The Morgan fingerprint density at radius 3 is 2.91 bits per heavy atom. The van der Waals surface area contributed by atoms with Crippen LogP contribution in [-0.4, -0.2) is 44.1 Å². The monoisotopic (exact) mass is 295 g/mol. The van der Waals surface area contributed by atoms with Crippen LogP contribution in [0.1, 0.15) is 12.8 Å². The van der Waals surface area contributed by atoms with Crippen molar-refractivity contribution >= 4 is 17.0 Å². The second kappa shape index (κ2) is 5.69. The molecule has 0 saturated carbocycles. The molecule has 7 nitrogen and oxygen atoms in total. The van der Waals surface area contributed by atoms with Gasteiger partial charge in [-0.3, -0.25) is 0 Å². The van der Waals surface area contributed by atoms with E-state index in [1.54, 1.807) is 10.9 Å². The molecule has 0 spiro atoms. The van der Waals surface area contributed by atoms with Crippen LogP contribution < -0.4 is 10.6 Å². The van der Waals surface area contributed by atoms with E-state index < -0.39 is 0 Å². The standard InChI is InChI=1S/C15H17N7/c1-2-4-13-12(3-1)20-21-22(13)14-7-10-17-15(19-14)18-11-5-8-16-9-6-11/h1-4,7,10-11,16H,5-6,8-9H2,(H,17,18,19). The van der Waals surface area contributed by atoms with Crippen molar-refractivity contribution in [1.82, 2.24) is 30.3 Å². The van der Waals surface area contributed by atoms with Gasteiger partial charge in [-0.1, -0.05) is 17.3 Å². The van der Waals surface area contributed by atoms with E-state index in [9.17, 15) is 0 Å². The largest absolute Gasteiger partial charge is 0.351 e. The molecule has 0 aliphatic carbocycles. The molecule has 2 aromatic heterocycles. The molecule has 7 heteroatoms. The molecule has 112 valence electrons. The summed E-state index contributed by atoms with van der Waals surface area (Å²) in [7, 11) is 0. The molecule has 0 unspecified atom stereocenters. The van der Waals surface area contributed by atoms with E-state index >= 15 is 0 Å². The Morgan fingerprint density at radius 2 is 2.00 bits per heavy atom. The van der Waals surface area contributed by atoms with Gasteiger partial charge in [0.2, 0.25) is 5.95 Å². The third-order valence-corrected chi connectivity index (χ3v) is 3.88. The predicted octanol–water partition coefficient (Wildman–Crippen LogP) is 1.37. The molecular formula is C15H17N7. The Labute approximate surface area is 127 Å². The molecule has 2 N–H and O–H groups in total. The van der Waals surface area contributed by atoms with Crippen LogP contribution in [0.2, 0.25) is 0 Å². The highest BCUT2D eigenvalue weighted by Crippen LogP contribution is 2.16. The molecule has 0 bridgehead atoms. The van der Waals surface area contributed by atoms with E-state index in [4.69, 9.17) is 0 Å². The number of piperidine rings is 1. The molecule has 0 radical (unpaired) electrons. The first-order valence-corrected chi connectivity index (χ1v) is 7.51. The van der Waals surface area contributed by atoms with Gasteiger partial charge in [-0.15, -0.1) is 5.10 Å². The molecule has 1 fully saturated rings. The van der Waals surface area contributed by atoms with Gasteiger partial charge < -0.3 is 10.6 Å². The van der Waals surface area contributed by atoms with Gasteiger partial charge in [-0.05, 0) is 38.1 Å². The van der Waals surface area contributed by atoms with Crippen molar-refractivity contribution < 1.29 is 0 Å². The van der Waals surface area contributed by atoms with Crippen molar-refractivity contribution in [2.24, 2.45) is 0 Å². The molecule has 1 aliphatic heterocycles. The lowest BCUT2D eigenvalue weighted by atomic mass is 10.1. The van der Waals surface area contributed by atoms with E-state index in [0.717, 1.165) is 42.8 Å². The summed E-state index contributed by atoms with van der Waals surface area (Å²) < 4.78 is 1.74. The molecule has 0 atom stereocenters. The summed E-state index contributed by atoms with van der Waals surface area (Å²) in [6.07, 6.45) is 3.92. The van der Waals surface area contributed by atoms with Crippen molar-refractivity contribution in [3.05, 3.63) is 36.5 Å². The number of anilines is 1. The topological polar surface area (TPSA) is 80.5 Å². The second-order valence-corrected chi connectivity index (χ2v) is 5.40. The summed E-state index contributed by atoms with van der Waals surface area (Å²) in [5, 5.41) is 15.1. The zero-order valence-electron chi connectivity index (χ0n) is 12.1. The lowest BCUT2D eigenvalue weighted by Gasteiger charge is -2.23. The van der Waals surface area contributed by atoms with Crippen LogP contribution in [-0.2, 0) is 0 Å². The first kappa shape index (κ1) is 13.1. The SMILES string of the molecule is c1ccc2c(c1)nnn2-c1ccnc(NC2CCNCC2)n1. The average Bonchev–Trinajstić information content (AvgIpc) is 3.00. The lowest BCUT2D eigenvalue weighted by molar-refractivity contribution is 0.477. The van der Waals surface area contributed by atoms with Gasteiger partial charge in [0.25, 0.3) is 0 Å². The summed E-state index contributed by atoms with van der Waals surface area (Å²) >= 11 is 0. The Bertz CT molecular complexity index is 776. The number of fused-ring (bicyclic) bond motifs is 1. The number of rotatable bonds is 3. The fourth-order valence-electron chi connectivity index (χ4n) is 2.72. The average molecular weight is 295 g/mol. The van der Waals surface area contributed by atoms with Crippen LogP contribution in [0.3, 0.4) is 0 Å². The third-order valence-electron chi connectivity index (χ3n) is 3.88. The van der Waals surface area contributed by atoms with Crippen molar-refractivity contribution in [1.29, 1.82) is 0 Å². The highest BCUT2D eigenvalue weighted by atomic mass is 15.4. The highest BCUT2D eigenvalue weighted by molar-refractivity contribution is 5.75. The molecule has 1 aliphatic rings. The van der Waals surface area contributed by atoms with Crippen molar-refractivity contribution in [2.45, 2.75) is 18.9 Å². The number of para-hydroxylation sites is 1. The zero-order valence-corrected chi connectivity index (χ0v) is 12.1. The van der Waals surface area contributed by atoms with Crippen LogP contribution >= 0.6 is 0 Å². The number of hydrogen-bond donors (Lipinski definition) is 2. The van der Waals surface area contributed by atoms with Gasteiger partial charge >= 0.3 is 0 Å². The summed E-state index contributed by atoms with van der Waals surface area (Å²) in [5.41, 5.74) is 1.79. The minimum Gasteiger partial charge on any atom is -0.351 e. The first-order chi connectivity index (χ1) is 10.9. The van der Waals surface area contributed by atoms with Gasteiger partial charge in [-0.25, -0.2) is 4.98 Å². The van der Waals surface area contributed by atoms with Gasteiger partial charge in [0.1, 0.15) is 5.52 Å². The summed E-state index contributed by atoms with van der Waals surface area (Å²) in [6, 6.07) is 10.1. The summed E-state index contributed by atoms with van der Waals surface area (Å²) in [4.78, 5) is 8.90. The van der Waals surface area contributed by atoms with Crippen molar-refractivity contribution in [2.75, 3.05) is 18.4 Å².